The van der Waals surface area contributed by atoms with E-state index in [1.165, 1.54) is 5.56 Å². The van der Waals surface area contributed by atoms with Crippen molar-refractivity contribution < 1.29 is 0 Å². The molecule has 2 aromatic rings. The largest absolute Gasteiger partial charge is 0.347 e. The average molecular weight is 291 g/mol. The van der Waals surface area contributed by atoms with Crippen LogP contribution in [0.2, 0.25) is 0 Å². The molecule has 0 saturated heterocycles. The van der Waals surface area contributed by atoms with Gasteiger partial charge in [-0.05, 0) is 22.4 Å². The van der Waals surface area contributed by atoms with Gasteiger partial charge in [0.2, 0.25) is 11.9 Å². The highest BCUT2D eigenvalue weighted by atomic mass is 32.1. The fourth-order valence-corrected chi connectivity index (χ4v) is 2.39. The minimum absolute atomic E-state index is 0.282. The summed E-state index contributed by atoms with van der Waals surface area (Å²) in [6, 6.07) is 2.12. The topological polar surface area (TPSA) is 45.2 Å². The zero-order chi connectivity index (χ0) is 14.7. The Hall–Kier alpha value is -1.69. The van der Waals surface area contributed by atoms with Crippen LogP contribution in [-0.2, 0) is 6.54 Å². The standard InChI is InChI=1S/C14H21N5S/c1-10(2)12-15-13(18(3)4)17-14(16-12)19(5)8-11-6-7-20-9-11/h6-7,9-10H,8H2,1-5H3. The van der Waals surface area contributed by atoms with Crippen molar-refractivity contribution in [2.24, 2.45) is 0 Å². The van der Waals surface area contributed by atoms with E-state index in [4.69, 9.17) is 0 Å². The van der Waals surface area contributed by atoms with Gasteiger partial charge in [0, 0.05) is 33.6 Å². The lowest BCUT2D eigenvalue weighted by Gasteiger charge is -2.20. The quantitative estimate of drug-likeness (QED) is 0.847. The molecule has 0 amide bonds. The molecule has 6 heteroatoms. The molecular weight excluding hydrogens is 270 g/mol. The summed E-state index contributed by atoms with van der Waals surface area (Å²) in [5.74, 6) is 2.54. The Morgan fingerprint density at radius 2 is 1.80 bits per heavy atom. The number of aromatic nitrogens is 3. The van der Waals surface area contributed by atoms with Crippen molar-refractivity contribution in [1.29, 1.82) is 0 Å². The van der Waals surface area contributed by atoms with Gasteiger partial charge in [0.1, 0.15) is 5.82 Å². The van der Waals surface area contributed by atoms with Gasteiger partial charge in [-0.1, -0.05) is 13.8 Å². The van der Waals surface area contributed by atoms with E-state index in [2.05, 4.69) is 50.5 Å². The van der Waals surface area contributed by atoms with E-state index in [0.717, 1.165) is 18.3 Å². The molecule has 0 aliphatic rings. The van der Waals surface area contributed by atoms with E-state index in [1.807, 2.05) is 26.0 Å². The summed E-state index contributed by atoms with van der Waals surface area (Å²) < 4.78 is 0. The van der Waals surface area contributed by atoms with E-state index in [0.29, 0.717) is 5.95 Å². The van der Waals surface area contributed by atoms with Crippen molar-refractivity contribution in [2.75, 3.05) is 30.9 Å². The minimum Gasteiger partial charge on any atom is -0.347 e. The molecular formula is C14H21N5S. The highest BCUT2D eigenvalue weighted by Gasteiger charge is 2.14. The SMILES string of the molecule is CC(C)c1nc(N(C)C)nc(N(C)Cc2ccsc2)n1. The Morgan fingerprint density at radius 3 is 2.35 bits per heavy atom. The number of nitrogens with zero attached hydrogens (tertiary/aromatic N) is 5. The maximum Gasteiger partial charge on any atom is 0.230 e. The van der Waals surface area contributed by atoms with Gasteiger partial charge in [0.25, 0.3) is 0 Å². The first-order valence-corrected chi connectivity index (χ1v) is 7.57. The summed E-state index contributed by atoms with van der Waals surface area (Å²) in [4.78, 5) is 17.6. The van der Waals surface area contributed by atoms with Crippen molar-refractivity contribution in [3.05, 3.63) is 28.2 Å². The number of rotatable bonds is 5. The molecule has 2 heterocycles. The van der Waals surface area contributed by atoms with Gasteiger partial charge in [0.15, 0.2) is 0 Å². The third-order valence-corrected chi connectivity index (χ3v) is 3.62. The summed E-state index contributed by atoms with van der Waals surface area (Å²) in [6.07, 6.45) is 0. The maximum atomic E-state index is 4.58. The van der Waals surface area contributed by atoms with Crippen LogP contribution in [0.4, 0.5) is 11.9 Å². The van der Waals surface area contributed by atoms with Crippen molar-refractivity contribution in [1.82, 2.24) is 15.0 Å². The van der Waals surface area contributed by atoms with Crippen molar-refractivity contribution >= 4 is 23.2 Å². The van der Waals surface area contributed by atoms with E-state index in [9.17, 15) is 0 Å². The number of anilines is 2. The summed E-state index contributed by atoms with van der Waals surface area (Å²) in [5.41, 5.74) is 1.27. The Kier molecular flexibility index (Phi) is 4.54. The highest BCUT2D eigenvalue weighted by Crippen LogP contribution is 2.18. The Bertz CT molecular complexity index is 524. The van der Waals surface area contributed by atoms with Crippen LogP contribution in [0.1, 0.15) is 31.2 Å². The predicted molar refractivity (Wildman–Crippen MR) is 84.7 cm³/mol. The van der Waals surface area contributed by atoms with Crippen molar-refractivity contribution in [2.45, 2.75) is 26.3 Å². The van der Waals surface area contributed by atoms with Crippen LogP contribution in [0.25, 0.3) is 0 Å². The molecule has 0 N–H and O–H groups in total. The lowest BCUT2D eigenvalue weighted by molar-refractivity contribution is 0.737. The van der Waals surface area contributed by atoms with Gasteiger partial charge in [0.05, 0.1) is 0 Å². The molecule has 0 fully saturated rings. The molecule has 0 aliphatic carbocycles. The lowest BCUT2D eigenvalue weighted by atomic mass is 10.2. The molecule has 0 bridgehead atoms. The van der Waals surface area contributed by atoms with Crippen LogP contribution in [0.5, 0.6) is 0 Å². The molecule has 0 atom stereocenters. The number of thiophene rings is 1. The summed E-state index contributed by atoms with van der Waals surface area (Å²) in [6.45, 7) is 4.99. The second-order valence-corrected chi connectivity index (χ2v) is 6.11. The van der Waals surface area contributed by atoms with Crippen LogP contribution in [0.15, 0.2) is 16.8 Å². The van der Waals surface area contributed by atoms with E-state index >= 15 is 0 Å². The Labute approximate surface area is 124 Å². The molecule has 0 aromatic carbocycles. The van der Waals surface area contributed by atoms with Gasteiger partial charge in [-0.15, -0.1) is 0 Å². The highest BCUT2D eigenvalue weighted by molar-refractivity contribution is 7.07. The molecule has 2 aromatic heterocycles. The summed E-state index contributed by atoms with van der Waals surface area (Å²) >= 11 is 1.70. The van der Waals surface area contributed by atoms with Gasteiger partial charge in [-0.3, -0.25) is 0 Å². The maximum absolute atomic E-state index is 4.58. The molecule has 20 heavy (non-hydrogen) atoms. The van der Waals surface area contributed by atoms with E-state index in [1.54, 1.807) is 11.3 Å². The monoisotopic (exact) mass is 291 g/mol. The normalized spacial score (nSPS) is 10.9. The average Bonchev–Trinajstić information content (AvgIpc) is 2.90. The number of hydrogen-bond acceptors (Lipinski definition) is 6. The lowest BCUT2D eigenvalue weighted by Crippen LogP contribution is -2.23. The molecule has 0 radical (unpaired) electrons. The van der Waals surface area contributed by atoms with Crippen LogP contribution in [0, 0.1) is 0 Å². The predicted octanol–water partition coefficient (Wildman–Crippen LogP) is 2.76. The summed E-state index contributed by atoms with van der Waals surface area (Å²) in [7, 11) is 5.90. The van der Waals surface area contributed by atoms with Crippen LogP contribution in [-0.4, -0.2) is 36.1 Å². The van der Waals surface area contributed by atoms with Gasteiger partial charge in [-0.25, -0.2) is 0 Å². The zero-order valence-corrected chi connectivity index (χ0v) is 13.5. The van der Waals surface area contributed by atoms with E-state index in [-0.39, 0.29) is 5.92 Å². The number of hydrogen-bond donors (Lipinski definition) is 0. The summed E-state index contributed by atoms with van der Waals surface area (Å²) in [5, 5.41) is 4.23. The first kappa shape index (κ1) is 14.7. The molecule has 0 aliphatic heterocycles. The first-order valence-electron chi connectivity index (χ1n) is 6.63. The van der Waals surface area contributed by atoms with E-state index < -0.39 is 0 Å². The van der Waals surface area contributed by atoms with Gasteiger partial charge >= 0.3 is 0 Å². The van der Waals surface area contributed by atoms with Crippen LogP contribution >= 0.6 is 11.3 Å². The van der Waals surface area contributed by atoms with Crippen LogP contribution in [0.3, 0.4) is 0 Å². The first-order chi connectivity index (χ1) is 9.47. The molecule has 108 valence electrons. The Morgan fingerprint density at radius 1 is 1.10 bits per heavy atom. The smallest absolute Gasteiger partial charge is 0.230 e. The van der Waals surface area contributed by atoms with Gasteiger partial charge < -0.3 is 9.80 Å². The third-order valence-electron chi connectivity index (χ3n) is 2.89. The molecule has 0 spiro atoms. The van der Waals surface area contributed by atoms with Gasteiger partial charge in [-0.2, -0.15) is 26.3 Å². The third kappa shape index (κ3) is 3.45. The van der Waals surface area contributed by atoms with Crippen molar-refractivity contribution in [3.63, 3.8) is 0 Å². The minimum atomic E-state index is 0.282. The molecule has 0 saturated carbocycles. The fourth-order valence-electron chi connectivity index (χ4n) is 1.73. The second kappa shape index (κ2) is 6.17. The Balaban J connectivity index is 2.29. The van der Waals surface area contributed by atoms with Crippen LogP contribution < -0.4 is 9.80 Å². The van der Waals surface area contributed by atoms with Crippen molar-refractivity contribution in [3.8, 4) is 0 Å². The molecule has 2 rings (SSSR count). The molecule has 5 nitrogen and oxygen atoms in total. The molecule has 0 unspecified atom stereocenters. The fraction of sp³-hybridized carbons (Fsp3) is 0.500. The zero-order valence-electron chi connectivity index (χ0n) is 12.7. The second-order valence-electron chi connectivity index (χ2n) is 5.33.